The summed E-state index contributed by atoms with van der Waals surface area (Å²) in [5.74, 6) is 0. The third-order valence-electron chi connectivity index (χ3n) is 3.42. The van der Waals surface area contributed by atoms with Crippen LogP contribution in [0, 0.1) is 0 Å². The highest BCUT2D eigenvalue weighted by molar-refractivity contribution is 7.76. The lowest BCUT2D eigenvalue weighted by molar-refractivity contribution is 0.336. The van der Waals surface area contributed by atoms with Crippen LogP contribution in [0.1, 0.15) is 0 Å². The smallest absolute Gasteiger partial charge is 0.0893 e. The lowest BCUT2D eigenvalue weighted by atomic mass is 10.4. The van der Waals surface area contributed by atoms with Crippen molar-refractivity contribution in [1.82, 2.24) is 9.80 Å². The van der Waals surface area contributed by atoms with E-state index in [1.54, 1.807) is 0 Å². The van der Waals surface area contributed by atoms with E-state index in [1.807, 2.05) is 0 Å². The Morgan fingerprint density at radius 1 is 0.800 bits per heavy atom. The van der Waals surface area contributed by atoms with Crippen molar-refractivity contribution >= 4 is 18.5 Å². The monoisotopic (exact) mass is 282 g/mol. The fourth-order valence-electron chi connectivity index (χ4n) is 2.54. The Hall–Kier alpha value is -1.79. The van der Waals surface area contributed by atoms with Gasteiger partial charge in [-0.1, -0.05) is 60.7 Å². The van der Waals surface area contributed by atoms with Crippen molar-refractivity contribution in [3.8, 4) is 0 Å². The Kier molecular flexibility index (Phi) is 3.75. The van der Waals surface area contributed by atoms with Crippen molar-refractivity contribution in [1.29, 1.82) is 0 Å². The largest absolute Gasteiger partial charge is 0.361 e. The molecule has 0 atom stereocenters. The van der Waals surface area contributed by atoms with Crippen molar-refractivity contribution in [3.63, 3.8) is 0 Å². The zero-order valence-corrected chi connectivity index (χ0v) is 12.8. The van der Waals surface area contributed by atoms with Crippen molar-refractivity contribution in [2.75, 3.05) is 20.8 Å². The van der Waals surface area contributed by atoms with Crippen molar-refractivity contribution in [2.45, 2.75) is 0 Å². The first kappa shape index (κ1) is 13.2. The van der Waals surface area contributed by atoms with Gasteiger partial charge < -0.3 is 9.80 Å². The summed E-state index contributed by atoms with van der Waals surface area (Å²) < 4.78 is 0. The van der Waals surface area contributed by atoms with Gasteiger partial charge in [0.15, 0.2) is 0 Å². The summed E-state index contributed by atoms with van der Waals surface area (Å²) >= 11 is 0. The van der Waals surface area contributed by atoms with Crippen LogP contribution in [0.5, 0.6) is 0 Å². The van der Waals surface area contributed by atoms with Crippen LogP contribution < -0.4 is 10.6 Å². The number of benzene rings is 2. The van der Waals surface area contributed by atoms with Crippen molar-refractivity contribution < 1.29 is 0 Å². The van der Waals surface area contributed by atoms with E-state index in [0.717, 1.165) is 6.67 Å². The molecule has 1 heterocycles. The summed E-state index contributed by atoms with van der Waals surface area (Å²) in [6, 6.07) is 21.7. The third-order valence-corrected chi connectivity index (χ3v) is 5.96. The molecule has 0 spiro atoms. The molecule has 0 saturated heterocycles. The predicted molar refractivity (Wildman–Crippen MR) is 87.5 cm³/mol. The molecule has 0 aliphatic carbocycles. The van der Waals surface area contributed by atoms with Gasteiger partial charge in [0.1, 0.15) is 0 Å². The first-order valence-electron chi connectivity index (χ1n) is 6.79. The second-order valence-corrected chi connectivity index (χ2v) is 7.25. The molecule has 0 N–H and O–H groups in total. The Morgan fingerprint density at radius 3 is 1.70 bits per heavy atom. The summed E-state index contributed by atoms with van der Waals surface area (Å²) in [5.41, 5.74) is 1.42. The predicted octanol–water partition coefficient (Wildman–Crippen LogP) is 2.75. The molecular formula is C17H19N2P. The van der Waals surface area contributed by atoms with E-state index in [4.69, 9.17) is 0 Å². The highest BCUT2D eigenvalue weighted by Crippen LogP contribution is 2.45. The van der Waals surface area contributed by atoms with Gasteiger partial charge in [0, 0.05) is 28.2 Å². The Morgan fingerprint density at radius 2 is 1.30 bits per heavy atom. The molecule has 0 bridgehead atoms. The molecule has 0 amide bonds. The molecular weight excluding hydrogens is 263 g/mol. The molecule has 3 heteroatoms. The molecule has 0 unspecified atom stereocenters. The minimum Gasteiger partial charge on any atom is -0.361 e. The second kappa shape index (κ2) is 5.68. The quantitative estimate of drug-likeness (QED) is 0.799. The van der Waals surface area contributed by atoms with Crippen LogP contribution in [-0.4, -0.2) is 30.6 Å². The molecule has 3 rings (SSSR count). The van der Waals surface area contributed by atoms with E-state index in [-0.39, 0.29) is 0 Å². The van der Waals surface area contributed by atoms with Crippen LogP contribution in [0.3, 0.4) is 0 Å². The number of hydrogen-bond donors (Lipinski definition) is 0. The summed E-state index contributed by atoms with van der Waals surface area (Å²) in [5, 5.41) is 2.81. The van der Waals surface area contributed by atoms with Crippen molar-refractivity contribution in [3.05, 3.63) is 72.3 Å². The number of rotatable bonds is 3. The van der Waals surface area contributed by atoms with E-state index >= 15 is 0 Å². The molecule has 1 aliphatic rings. The maximum absolute atomic E-state index is 2.35. The first-order valence-corrected chi connectivity index (χ1v) is 8.13. The van der Waals surface area contributed by atoms with E-state index in [1.165, 1.54) is 16.0 Å². The Labute approximate surface area is 122 Å². The van der Waals surface area contributed by atoms with Crippen molar-refractivity contribution in [2.24, 2.45) is 0 Å². The molecule has 2 aromatic rings. The van der Waals surface area contributed by atoms with Gasteiger partial charge in [-0.15, -0.1) is 0 Å². The minimum atomic E-state index is -0.473. The van der Waals surface area contributed by atoms with Gasteiger partial charge in [-0.25, -0.2) is 0 Å². The molecule has 2 nitrogen and oxygen atoms in total. The van der Waals surface area contributed by atoms with Gasteiger partial charge in [-0.3, -0.25) is 0 Å². The summed E-state index contributed by atoms with van der Waals surface area (Å²) in [6.07, 6.45) is 2.28. The van der Waals surface area contributed by atoms with Gasteiger partial charge in [0.25, 0.3) is 0 Å². The molecule has 102 valence electrons. The fourth-order valence-corrected chi connectivity index (χ4v) is 5.02. The standard InChI is InChI=1S/C17H19N2P/c1-18-13-17(19(2)14-18)20(15-9-5-3-6-10-15)16-11-7-4-8-12-16/h3-13H,14H2,1-2H3. The first-order chi connectivity index (χ1) is 9.75. The van der Waals surface area contributed by atoms with E-state index in [0.29, 0.717) is 0 Å². The van der Waals surface area contributed by atoms with E-state index in [9.17, 15) is 0 Å². The Bertz CT molecular complexity index is 555. The van der Waals surface area contributed by atoms with Crippen LogP contribution in [0.15, 0.2) is 72.3 Å². The normalized spacial score (nSPS) is 14.8. The highest BCUT2D eigenvalue weighted by atomic mass is 31.1. The maximum atomic E-state index is 2.35. The molecule has 20 heavy (non-hydrogen) atoms. The van der Waals surface area contributed by atoms with Crippen LogP contribution in [0.25, 0.3) is 0 Å². The lowest BCUT2D eigenvalue weighted by Gasteiger charge is -2.25. The molecule has 0 radical (unpaired) electrons. The summed E-state index contributed by atoms with van der Waals surface area (Å²) in [4.78, 5) is 4.60. The zero-order valence-electron chi connectivity index (χ0n) is 11.9. The highest BCUT2D eigenvalue weighted by Gasteiger charge is 2.25. The lowest BCUT2D eigenvalue weighted by Crippen LogP contribution is -2.23. The van der Waals surface area contributed by atoms with Crippen LogP contribution >= 0.6 is 7.92 Å². The average molecular weight is 282 g/mol. The Balaban J connectivity index is 2.08. The van der Waals surface area contributed by atoms with E-state index in [2.05, 4.69) is 90.8 Å². The SMILES string of the molecule is CN1C=C(P(c2ccccc2)c2ccccc2)N(C)C1. The summed E-state index contributed by atoms with van der Waals surface area (Å²) in [7, 11) is 3.84. The van der Waals surface area contributed by atoms with Crippen LogP contribution in [-0.2, 0) is 0 Å². The van der Waals surface area contributed by atoms with Gasteiger partial charge in [0.05, 0.1) is 12.1 Å². The third kappa shape index (κ3) is 2.57. The number of hydrogen-bond acceptors (Lipinski definition) is 2. The van der Waals surface area contributed by atoms with E-state index < -0.39 is 7.92 Å². The zero-order chi connectivity index (χ0) is 13.9. The molecule has 2 aromatic carbocycles. The molecule has 1 aliphatic heterocycles. The fraction of sp³-hybridized carbons (Fsp3) is 0.176. The maximum Gasteiger partial charge on any atom is 0.0893 e. The molecule has 0 saturated carbocycles. The summed E-state index contributed by atoms with van der Waals surface area (Å²) in [6.45, 7) is 0.966. The molecule has 0 aromatic heterocycles. The van der Waals surface area contributed by atoms with Gasteiger partial charge >= 0.3 is 0 Å². The average Bonchev–Trinajstić information content (AvgIpc) is 2.80. The van der Waals surface area contributed by atoms with Gasteiger partial charge in [-0.2, -0.15) is 0 Å². The minimum absolute atomic E-state index is 0.473. The molecule has 0 fully saturated rings. The van der Waals surface area contributed by atoms with Gasteiger partial charge in [0.2, 0.25) is 0 Å². The number of nitrogens with zero attached hydrogens (tertiary/aromatic N) is 2. The second-order valence-electron chi connectivity index (χ2n) is 5.09. The van der Waals surface area contributed by atoms with Crippen LogP contribution in [0.4, 0.5) is 0 Å². The van der Waals surface area contributed by atoms with Crippen LogP contribution in [0.2, 0.25) is 0 Å². The van der Waals surface area contributed by atoms with Gasteiger partial charge in [-0.05, 0) is 10.6 Å². The topological polar surface area (TPSA) is 6.48 Å².